The molecule has 0 fully saturated rings. The Morgan fingerprint density at radius 1 is 0.467 bits per heavy atom. The average molecular weight is 576 g/mol. The molecule has 9 aromatic rings. The van der Waals surface area contributed by atoms with Crippen molar-refractivity contribution in [3.05, 3.63) is 151 Å². The first-order chi connectivity index (χ1) is 22.1. The standard InChI is InChI=1S/C43H29NO/c1-43(2)37-24-40-35(22-33(37)34-23-36-32-14-6-8-17-41(32)45-42(36)25-38(34)43)31-13-5-7-16-39(31)44(40)28-20-18-27(19-21-28)30-15-9-11-26-10-3-4-12-29(26)30/h3-25H,1-2H3. The second-order valence-electron chi connectivity index (χ2n) is 13.0. The largest absolute Gasteiger partial charge is 0.456 e. The minimum atomic E-state index is -0.161. The fourth-order valence-electron chi connectivity index (χ4n) is 7.96. The normalized spacial score (nSPS) is 13.7. The van der Waals surface area contributed by atoms with Crippen molar-refractivity contribution in [2.75, 3.05) is 0 Å². The van der Waals surface area contributed by atoms with Crippen LogP contribution in [0.25, 0.3) is 82.5 Å². The minimum absolute atomic E-state index is 0.161. The first kappa shape index (κ1) is 24.8. The van der Waals surface area contributed by atoms with Crippen molar-refractivity contribution < 1.29 is 4.42 Å². The van der Waals surface area contributed by atoms with E-state index in [1.54, 1.807) is 0 Å². The molecule has 0 N–H and O–H groups in total. The van der Waals surface area contributed by atoms with Gasteiger partial charge in [0.15, 0.2) is 0 Å². The fraction of sp³-hybridized carbons (Fsp3) is 0.0698. The van der Waals surface area contributed by atoms with Crippen LogP contribution in [0.5, 0.6) is 0 Å². The van der Waals surface area contributed by atoms with Crippen LogP contribution in [-0.4, -0.2) is 4.57 Å². The molecule has 0 unspecified atom stereocenters. The van der Waals surface area contributed by atoms with Crippen LogP contribution in [0, 0.1) is 0 Å². The third kappa shape index (κ3) is 3.34. The van der Waals surface area contributed by atoms with Crippen LogP contribution in [0.1, 0.15) is 25.0 Å². The van der Waals surface area contributed by atoms with Gasteiger partial charge in [-0.05, 0) is 92.7 Å². The molecule has 2 aromatic heterocycles. The molecule has 45 heavy (non-hydrogen) atoms. The van der Waals surface area contributed by atoms with E-state index in [0.29, 0.717) is 0 Å². The summed E-state index contributed by atoms with van der Waals surface area (Å²) in [5, 5.41) is 7.45. The molecule has 0 bridgehead atoms. The van der Waals surface area contributed by atoms with Crippen molar-refractivity contribution in [1.29, 1.82) is 0 Å². The maximum atomic E-state index is 6.33. The number of nitrogens with zero attached hydrogens (tertiary/aromatic N) is 1. The van der Waals surface area contributed by atoms with E-state index in [4.69, 9.17) is 4.42 Å². The van der Waals surface area contributed by atoms with Gasteiger partial charge in [0, 0.05) is 32.6 Å². The van der Waals surface area contributed by atoms with Crippen LogP contribution in [0.3, 0.4) is 0 Å². The van der Waals surface area contributed by atoms with Crippen LogP contribution in [0.2, 0.25) is 0 Å². The number of para-hydroxylation sites is 2. The van der Waals surface area contributed by atoms with Gasteiger partial charge in [0.25, 0.3) is 0 Å². The lowest BCUT2D eigenvalue weighted by atomic mass is 9.82. The highest BCUT2D eigenvalue weighted by Gasteiger charge is 2.37. The van der Waals surface area contributed by atoms with E-state index in [0.717, 1.165) is 11.2 Å². The SMILES string of the molecule is CC1(C)c2cc3oc4ccccc4c3cc2-c2cc3c4ccccc4n(-c4ccc(-c5cccc6ccccc56)cc4)c3cc21. The van der Waals surface area contributed by atoms with Gasteiger partial charge < -0.3 is 8.98 Å². The molecule has 0 atom stereocenters. The monoisotopic (exact) mass is 575 g/mol. The highest BCUT2D eigenvalue weighted by Crippen LogP contribution is 2.52. The number of aromatic nitrogens is 1. The number of benzene rings is 7. The molecule has 1 aliphatic rings. The second kappa shape index (κ2) is 8.74. The molecular formula is C43H29NO. The lowest BCUT2D eigenvalue weighted by molar-refractivity contribution is 0.647. The molecule has 0 saturated heterocycles. The first-order valence-electron chi connectivity index (χ1n) is 15.7. The van der Waals surface area contributed by atoms with Gasteiger partial charge >= 0.3 is 0 Å². The molecule has 7 aromatic carbocycles. The number of rotatable bonds is 2. The van der Waals surface area contributed by atoms with E-state index in [1.807, 2.05) is 6.07 Å². The Kier molecular flexibility index (Phi) is 4.82. The molecule has 212 valence electrons. The van der Waals surface area contributed by atoms with Crippen LogP contribution in [0.4, 0.5) is 0 Å². The smallest absolute Gasteiger partial charge is 0.135 e. The Hall–Kier alpha value is -5.60. The third-order valence-electron chi connectivity index (χ3n) is 10.2. The summed E-state index contributed by atoms with van der Waals surface area (Å²) in [6, 6.07) is 51.0. The van der Waals surface area contributed by atoms with Crippen molar-refractivity contribution in [2.24, 2.45) is 0 Å². The van der Waals surface area contributed by atoms with Crippen molar-refractivity contribution >= 4 is 54.5 Å². The maximum absolute atomic E-state index is 6.33. The molecular weight excluding hydrogens is 546 g/mol. The Balaban J connectivity index is 1.19. The van der Waals surface area contributed by atoms with Crippen LogP contribution in [-0.2, 0) is 5.41 Å². The lowest BCUT2D eigenvalue weighted by Gasteiger charge is -2.21. The Morgan fingerprint density at radius 3 is 1.98 bits per heavy atom. The molecule has 10 rings (SSSR count). The number of hydrogen-bond acceptors (Lipinski definition) is 1. The molecule has 0 amide bonds. The quantitative estimate of drug-likeness (QED) is 0.200. The van der Waals surface area contributed by atoms with Crippen molar-refractivity contribution in [3.63, 3.8) is 0 Å². The van der Waals surface area contributed by atoms with E-state index < -0.39 is 0 Å². The Bertz CT molecular complexity index is 2660. The Labute approximate surface area is 260 Å². The zero-order chi connectivity index (χ0) is 29.9. The summed E-state index contributed by atoms with van der Waals surface area (Å²) in [4.78, 5) is 0. The van der Waals surface area contributed by atoms with E-state index in [9.17, 15) is 0 Å². The van der Waals surface area contributed by atoms with Gasteiger partial charge in [0.05, 0.1) is 11.0 Å². The minimum Gasteiger partial charge on any atom is -0.456 e. The molecule has 2 heteroatoms. The van der Waals surface area contributed by atoms with Crippen molar-refractivity contribution in [1.82, 2.24) is 4.57 Å². The number of hydrogen-bond donors (Lipinski definition) is 0. The van der Waals surface area contributed by atoms with Gasteiger partial charge in [-0.3, -0.25) is 0 Å². The summed E-state index contributed by atoms with van der Waals surface area (Å²) >= 11 is 0. The van der Waals surface area contributed by atoms with E-state index in [2.05, 4.69) is 152 Å². The number of furan rings is 1. The summed E-state index contributed by atoms with van der Waals surface area (Å²) in [6.45, 7) is 4.70. The topological polar surface area (TPSA) is 18.1 Å². The van der Waals surface area contributed by atoms with Crippen LogP contribution in [0.15, 0.2) is 144 Å². The van der Waals surface area contributed by atoms with E-state index in [-0.39, 0.29) is 5.41 Å². The zero-order valence-corrected chi connectivity index (χ0v) is 25.1. The molecule has 0 saturated carbocycles. The maximum Gasteiger partial charge on any atom is 0.135 e. The van der Waals surface area contributed by atoms with E-state index >= 15 is 0 Å². The van der Waals surface area contributed by atoms with Gasteiger partial charge in [0.1, 0.15) is 11.2 Å². The summed E-state index contributed by atoms with van der Waals surface area (Å²) in [7, 11) is 0. The van der Waals surface area contributed by atoms with Crippen molar-refractivity contribution in [2.45, 2.75) is 19.3 Å². The van der Waals surface area contributed by atoms with Gasteiger partial charge in [-0.2, -0.15) is 0 Å². The average Bonchev–Trinajstić information content (AvgIpc) is 3.68. The summed E-state index contributed by atoms with van der Waals surface area (Å²) in [5.41, 5.74) is 13.2. The highest BCUT2D eigenvalue weighted by molar-refractivity contribution is 6.13. The predicted molar refractivity (Wildman–Crippen MR) is 189 cm³/mol. The van der Waals surface area contributed by atoms with Gasteiger partial charge in [-0.25, -0.2) is 0 Å². The summed E-state index contributed by atoms with van der Waals surface area (Å²) < 4.78 is 8.77. The fourth-order valence-corrected chi connectivity index (χ4v) is 7.96. The summed E-state index contributed by atoms with van der Waals surface area (Å²) in [5.74, 6) is 0. The molecule has 0 aliphatic heterocycles. The summed E-state index contributed by atoms with van der Waals surface area (Å²) in [6.07, 6.45) is 0. The zero-order valence-electron chi connectivity index (χ0n) is 25.1. The van der Waals surface area contributed by atoms with Gasteiger partial charge in [0.2, 0.25) is 0 Å². The van der Waals surface area contributed by atoms with Crippen molar-refractivity contribution in [3.8, 4) is 27.9 Å². The van der Waals surface area contributed by atoms with Crippen LogP contribution < -0.4 is 0 Å². The predicted octanol–water partition coefficient (Wildman–Crippen LogP) is 11.8. The van der Waals surface area contributed by atoms with Crippen LogP contribution >= 0.6 is 0 Å². The molecule has 2 heterocycles. The lowest BCUT2D eigenvalue weighted by Crippen LogP contribution is -2.15. The third-order valence-corrected chi connectivity index (χ3v) is 10.2. The molecule has 1 aliphatic carbocycles. The van der Waals surface area contributed by atoms with E-state index in [1.165, 1.54) is 82.4 Å². The first-order valence-corrected chi connectivity index (χ1v) is 15.7. The molecule has 0 radical (unpaired) electrons. The molecule has 0 spiro atoms. The highest BCUT2D eigenvalue weighted by atomic mass is 16.3. The van der Waals surface area contributed by atoms with Gasteiger partial charge in [-0.1, -0.05) is 105 Å². The molecule has 2 nitrogen and oxygen atoms in total. The second-order valence-corrected chi connectivity index (χ2v) is 13.0. The van der Waals surface area contributed by atoms with Gasteiger partial charge in [-0.15, -0.1) is 0 Å². The number of fused-ring (bicyclic) bond motifs is 10. The Morgan fingerprint density at radius 2 is 1.13 bits per heavy atom.